The molecule has 0 saturated carbocycles. The van der Waals surface area contributed by atoms with Gasteiger partial charge in [0.25, 0.3) is 0 Å². The molecule has 2 aliphatic carbocycles. The first kappa shape index (κ1) is 24.3. The number of nitrogens with zero attached hydrogens (tertiary/aromatic N) is 2. The number of fused-ring (bicyclic) bond motifs is 4. The molecule has 0 saturated heterocycles. The zero-order valence-corrected chi connectivity index (χ0v) is 24.0. The van der Waals surface area contributed by atoms with Crippen LogP contribution in [0.4, 0.5) is 17.1 Å². The Balaban J connectivity index is 1.54. The van der Waals surface area contributed by atoms with Crippen LogP contribution in [0.25, 0.3) is 0 Å². The van der Waals surface area contributed by atoms with E-state index in [1.807, 2.05) is 0 Å². The lowest BCUT2D eigenvalue weighted by Crippen LogP contribution is -2.62. The Hall–Kier alpha value is -3.72. The highest BCUT2D eigenvalue weighted by Crippen LogP contribution is 2.46. The molecule has 194 valence electrons. The van der Waals surface area contributed by atoms with Gasteiger partial charge in [-0.05, 0) is 98.8 Å². The first-order chi connectivity index (χ1) is 18.7. The predicted molar refractivity (Wildman–Crippen MR) is 168 cm³/mol. The van der Waals surface area contributed by atoms with Crippen LogP contribution in [0.15, 0.2) is 107 Å². The Morgan fingerprint density at radius 1 is 0.795 bits per heavy atom. The molecule has 0 aromatic heterocycles. The van der Waals surface area contributed by atoms with Gasteiger partial charge in [0.1, 0.15) is 0 Å². The minimum absolute atomic E-state index is 0.203. The van der Waals surface area contributed by atoms with E-state index in [2.05, 4.69) is 136 Å². The first-order valence-corrected chi connectivity index (χ1v) is 14.4. The maximum atomic E-state index is 2.66. The van der Waals surface area contributed by atoms with Crippen molar-refractivity contribution in [2.45, 2.75) is 60.4 Å². The van der Waals surface area contributed by atoms with Crippen molar-refractivity contribution < 1.29 is 0 Å². The lowest BCUT2D eigenvalue weighted by molar-refractivity contribution is 0.479. The fourth-order valence-electron chi connectivity index (χ4n) is 7.04. The lowest BCUT2D eigenvalue weighted by Gasteiger charge is -2.51. The number of rotatable bonds is 2. The van der Waals surface area contributed by atoms with E-state index in [0.717, 1.165) is 12.8 Å². The molecule has 0 radical (unpaired) electrons. The number of allylic oxidation sites excluding steroid dienone is 4. The molecule has 3 heteroatoms. The average Bonchev–Trinajstić information content (AvgIpc) is 2.90. The zero-order chi connectivity index (χ0) is 27.1. The van der Waals surface area contributed by atoms with Gasteiger partial charge in [-0.2, -0.15) is 0 Å². The van der Waals surface area contributed by atoms with Crippen molar-refractivity contribution in [1.82, 2.24) is 0 Å². The van der Waals surface area contributed by atoms with Crippen LogP contribution in [-0.4, -0.2) is 12.8 Å². The third-order valence-electron chi connectivity index (χ3n) is 9.02. The van der Waals surface area contributed by atoms with Crippen LogP contribution in [0.2, 0.25) is 0 Å². The molecule has 0 amide bonds. The van der Waals surface area contributed by atoms with E-state index in [1.54, 1.807) is 0 Å². The van der Waals surface area contributed by atoms with Gasteiger partial charge < -0.3 is 9.80 Å². The van der Waals surface area contributed by atoms with Crippen molar-refractivity contribution in [3.8, 4) is 0 Å². The van der Waals surface area contributed by atoms with Crippen molar-refractivity contribution in [1.29, 1.82) is 0 Å². The van der Waals surface area contributed by atoms with E-state index in [9.17, 15) is 0 Å². The molecule has 0 N–H and O–H groups in total. The minimum atomic E-state index is 0.203. The number of hydrogen-bond acceptors (Lipinski definition) is 2. The number of hydrogen-bond donors (Lipinski definition) is 0. The highest BCUT2D eigenvalue weighted by atomic mass is 15.2. The normalized spacial score (nSPS) is 20.8. The van der Waals surface area contributed by atoms with E-state index >= 15 is 0 Å². The van der Waals surface area contributed by atoms with Crippen LogP contribution in [0.3, 0.4) is 0 Å². The van der Waals surface area contributed by atoms with Crippen LogP contribution >= 0.6 is 0 Å². The molecule has 2 heterocycles. The van der Waals surface area contributed by atoms with Gasteiger partial charge in [0, 0.05) is 28.5 Å². The second-order valence-electron chi connectivity index (χ2n) is 12.8. The van der Waals surface area contributed by atoms with Crippen molar-refractivity contribution in [3.05, 3.63) is 124 Å². The topological polar surface area (TPSA) is 6.48 Å². The van der Waals surface area contributed by atoms with Crippen molar-refractivity contribution >= 4 is 34.7 Å². The van der Waals surface area contributed by atoms with Gasteiger partial charge in [-0.25, -0.2) is 0 Å². The van der Waals surface area contributed by atoms with Gasteiger partial charge in [0.2, 0.25) is 6.71 Å². The molecule has 2 nitrogen and oxygen atoms in total. The maximum absolute atomic E-state index is 2.66. The van der Waals surface area contributed by atoms with Crippen molar-refractivity contribution in [2.75, 3.05) is 9.80 Å². The quantitative estimate of drug-likeness (QED) is 0.330. The standard InChI is InChI=1S/C36H37BN2/c1-23-7-11-27(12-8-23)38-31-13-9-24(2)19-29(31)37-30-20-25(3)10-14-32(30)39(28-15-17-36(5,6)18-16-28)34-22-26(4)21-33(38)35(34)37/h7-17,19-21,34H,18,22H2,1-6H3. The summed E-state index contributed by atoms with van der Waals surface area (Å²) in [6.07, 6.45) is 11.8. The Labute approximate surface area is 234 Å². The second kappa shape index (κ2) is 8.65. The number of benzene rings is 3. The summed E-state index contributed by atoms with van der Waals surface area (Å²) >= 11 is 0. The van der Waals surface area contributed by atoms with E-state index in [-0.39, 0.29) is 18.2 Å². The SMILES string of the molecule is CC1=CC2=C3B(c4cc(C)ccc4N2c2ccc(C)cc2)c2cc(C)ccc2N(C2=CCC(C)(C)C=C2)C3C1. The van der Waals surface area contributed by atoms with E-state index in [0.29, 0.717) is 0 Å². The van der Waals surface area contributed by atoms with Gasteiger partial charge in [0.05, 0.1) is 6.04 Å². The molecule has 1 atom stereocenters. The third kappa shape index (κ3) is 3.85. The largest absolute Gasteiger partial charge is 0.335 e. The Morgan fingerprint density at radius 3 is 2.10 bits per heavy atom. The molecule has 0 spiro atoms. The summed E-state index contributed by atoms with van der Waals surface area (Å²) in [7, 11) is 0. The highest BCUT2D eigenvalue weighted by Gasteiger charge is 2.48. The summed E-state index contributed by atoms with van der Waals surface area (Å²) in [4.78, 5) is 5.19. The molecule has 3 aromatic carbocycles. The Morgan fingerprint density at radius 2 is 1.44 bits per heavy atom. The molecule has 0 bridgehead atoms. The lowest BCUT2D eigenvalue weighted by atomic mass is 9.31. The molecule has 3 aromatic rings. The molecule has 0 fully saturated rings. The smallest absolute Gasteiger partial charge is 0.247 e. The van der Waals surface area contributed by atoms with Gasteiger partial charge in [-0.1, -0.05) is 84.7 Å². The zero-order valence-electron chi connectivity index (χ0n) is 24.0. The fourth-order valence-corrected chi connectivity index (χ4v) is 7.04. The molecule has 1 unspecified atom stereocenters. The van der Waals surface area contributed by atoms with Gasteiger partial charge in [0.15, 0.2) is 0 Å². The molecule has 39 heavy (non-hydrogen) atoms. The minimum Gasteiger partial charge on any atom is -0.335 e. The molecule has 7 rings (SSSR count). The maximum Gasteiger partial charge on any atom is 0.247 e. The summed E-state index contributed by atoms with van der Waals surface area (Å²) < 4.78 is 0. The number of aryl methyl sites for hydroxylation is 3. The average molecular weight is 509 g/mol. The molecular weight excluding hydrogens is 471 g/mol. The summed E-state index contributed by atoms with van der Waals surface area (Å²) in [6.45, 7) is 13.9. The van der Waals surface area contributed by atoms with Crippen molar-refractivity contribution in [2.24, 2.45) is 5.41 Å². The van der Waals surface area contributed by atoms with E-state index in [4.69, 9.17) is 0 Å². The van der Waals surface area contributed by atoms with Crippen molar-refractivity contribution in [3.63, 3.8) is 0 Å². The second-order valence-corrected chi connectivity index (χ2v) is 12.8. The highest BCUT2D eigenvalue weighted by molar-refractivity contribution is 6.94. The van der Waals surface area contributed by atoms with Gasteiger partial charge in [-0.15, -0.1) is 0 Å². The van der Waals surface area contributed by atoms with Crippen LogP contribution in [0, 0.1) is 26.2 Å². The molecule has 2 aliphatic heterocycles. The summed E-state index contributed by atoms with van der Waals surface area (Å²) in [5, 5.41) is 0. The van der Waals surface area contributed by atoms with E-state index in [1.165, 1.54) is 67.1 Å². The summed E-state index contributed by atoms with van der Waals surface area (Å²) in [6, 6.07) is 23.5. The Bertz CT molecular complexity index is 1630. The number of anilines is 3. The van der Waals surface area contributed by atoms with Crippen LogP contribution in [-0.2, 0) is 0 Å². The Kier molecular flexibility index (Phi) is 5.39. The monoisotopic (exact) mass is 508 g/mol. The van der Waals surface area contributed by atoms with Gasteiger partial charge in [-0.3, -0.25) is 0 Å². The predicted octanol–water partition coefficient (Wildman–Crippen LogP) is 7.57. The third-order valence-corrected chi connectivity index (χ3v) is 9.02. The fraction of sp³-hybridized carbons (Fsp3) is 0.278. The molecule has 4 aliphatic rings. The van der Waals surface area contributed by atoms with Gasteiger partial charge >= 0.3 is 0 Å². The van der Waals surface area contributed by atoms with Crippen LogP contribution < -0.4 is 20.7 Å². The summed E-state index contributed by atoms with van der Waals surface area (Å²) in [5.41, 5.74) is 16.5. The van der Waals surface area contributed by atoms with Crippen LogP contribution in [0.5, 0.6) is 0 Å². The van der Waals surface area contributed by atoms with Crippen LogP contribution in [0.1, 0.15) is 50.3 Å². The molecular formula is C36H37BN2. The van der Waals surface area contributed by atoms with E-state index < -0.39 is 0 Å². The first-order valence-electron chi connectivity index (χ1n) is 14.4. The summed E-state index contributed by atoms with van der Waals surface area (Å²) in [5.74, 6) is 0.